The van der Waals surface area contributed by atoms with Gasteiger partial charge in [-0.05, 0) is 6.92 Å². The minimum absolute atomic E-state index is 0.119. The lowest BCUT2D eigenvalue weighted by Gasteiger charge is -2.00. The fourth-order valence-corrected chi connectivity index (χ4v) is 2.23. The number of carbonyl (C=O) groups excluding carboxylic acids is 1. The summed E-state index contributed by atoms with van der Waals surface area (Å²) in [4.78, 5) is 26.5. The van der Waals surface area contributed by atoms with E-state index >= 15 is 0 Å². The maximum Gasteiger partial charge on any atom is 0.328 e. The summed E-state index contributed by atoms with van der Waals surface area (Å²) in [6, 6.07) is 9.59. The second-order valence-corrected chi connectivity index (χ2v) is 4.88. The van der Waals surface area contributed by atoms with Crippen LogP contribution in [0.4, 0.5) is 5.13 Å². The molecule has 0 aliphatic heterocycles. The van der Waals surface area contributed by atoms with Gasteiger partial charge in [0.1, 0.15) is 0 Å². The Labute approximate surface area is 119 Å². The fourth-order valence-electron chi connectivity index (χ4n) is 1.52. The Bertz CT molecular complexity index is 662. The summed E-state index contributed by atoms with van der Waals surface area (Å²) in [7, 11) is 0. The van der Waals surface area contributed by atoms with Gasteiger partial charge in [0.2, 0.25) is 0 Å². The van der Waals surface area contributed by atoms with Gasteiger partial charge < -0.3 is 5.11 Å². The molecule has 0 bridgehead atoms. The Hall–Kier alpha value is -2.47. The van der Waals surface area contributed by atoms with Crippen LogP contribution in [0.3, 0.4) is 0 Å². The molecule has 0 atom stereocenters. The highest BCUT2D eigenvalue weighted by Crippen LogP contribution is 2.24. The Morgan fingerprint density at radius 2 is 2.00 bits per heavy atom. The number of carboxylic acid groups (broad SMARTS) is 1. The molecule has 1 aromatic carbocycles. The molecule has 20 heavy (non-hydrogen) atoms. The second kappa shape index (κ2) is 6.12. The number of anilines is 1. The van der Waals surface area contributed by atoms with E-state index in [-0.39, 0.29) is 5.57 Å². The van der Waals surface area contributed by atoms with Crippen LogP contribution in [0.25, 0.3) is 11.3 Å². The lowest BCUT2D eigenvalue weighted by Crippen LogP contribution is -2.13. The van der Waals surface area contributed by atoms with E-state index in [9.17, 15) is 9.59 Å². The number of nitrogens with zero attached hydrogens (tertiary/aromatic N) is 1. The number of nitrogens with one attached hydrogen (secondary N) is 1. The second-order valence-electron chi connectivity index (χ2n) is 4.02. The first-order valence-corrected chi connectivity index (χ1v) is 6.68. The quantitative estimate of drug-likeness (QED) is 0.848. The van der Waals surface area contributed by atoms with E-state index in [1.807, 2.05) is 35.7 Å². The minimum Gasteiger partial charge on any atom is -0.478 e. The number of thiazole rings is 1. The molecule has 0 fully saturated rings. The number of carbonyl (C=O) groups is 2. The molecule has 1 aromatic heterocycles. The number of hydrogen-bond acceptors (Lipinski definition) is 4. The van der Waals surface area contributed by atoms with E-state index in [2.05, 4.69) is 10.3 Å². The molecule has 5 nitrogen and oxygen atoms in total. The average molecular weight is 288 g/mol. The van der Waals surface area contributed by atoms with Gasteiger partial charge in [-0.25, -0.2) is 9.78 Å². The van der Waals surface area contributed by atoms with Gasteiger partial charge in [0.05, 0.1) is 5.69 Å². The van der Waals surface area contributed by atoms with Crippen molar-refractivity contribution in [2.24, 2.45) is 0 Å². The van der Waals surface area contributed by atoms with E-state index in [0.29, 0.717) is 5.13 Å². The maximum absolute atomic E-state index is 11.7. The largest absolute Gasteiger partial charge is 0.478 e. The average Bonchev–Trinajstić information content (AvgIpc) is 2.87. The van der Waals surface area contributed by atoms with Gasteiger partial charge in [-0.15, -0.1) is 11.3 Å². The number of aromatic nitrogens is 1. The summed E-state index contributed by atoms with van der Waals surface area (Å²) in [6.45, 7) is 1.44. The highest BCUT2D eigenvalue weighted by Gasteiger charge is 2.10. The van der Waals surface area contributed by atoms with Crippen molar-refractivity contribution in [2.45, 2.75) is 6.92 Å². The molecule has 0 unspecified atom stereocenters. The Morgan fingerprint density at radius 3 is 2.65 bits per heavy atom. The number of rotatable bonds is 4. The lowest BCUT2D eigenvalue weighted by molar-refractivity contribution is -0.131. The van der Waals surface area contributed by atoms with Gasteiger partial charge in [-0.2, -0.15) is 0 Å². The molecule has 0 aliphatic carbocycles. The molecule has 0 radical (unpaired) electrons. The van der Waals surface area contributed by atoms with Crippen molar-refractivity contribution in [3.8, 4) is 11.3 Å². The van der Waals surface area contributed by atoms with E-state index in [4.69, 9.17) is 5.11 Å². The minimum atomic E-state index is -1.15. The molecular formula is C14H12N2O3S. The Morgan fingerprint density at radius 1 is 1.30 bits per heavy atom. The van der Waals surface area contributed by atoms with Crippen molar-refractivity contribution in [1.82, 2.24) is 4.98 Å². The number of aliphatic carboxylic acids is 1. The van der Waals surface area contributed by atoms with E-state index < -0.39 is 11.9 Å². The van der Waals surface area contributed by atoms with Crippen LogP contribution in [-0.2, 0) is 9.59 Å². The molecule has 2 aromatic rings. The molecule has 1 amide bonds. The molecule has 1 heterocycles. The van der Waals surface area contributed by atoms with Gasteiger partial charge in [0.15, 0.2) is 5.13 Å². The predicted molar refractivity (Wildman–Crippen MR) is 77.6 cm³/mol. The zero-order valence-corrected chi connectivity index (χ0v) is 11.5. The van der Waals surface area contributed by atoms with Gasteiger partial charge in [0, 0.05) is 22.6 Å². The molecule has 102 valence electrons. The van der Waals surface area contributed by atoms with Crippen LogP contribution in [0.15, 0.2) is 47.4 Å². The van der Waals surface area contributed by atoms with Gasteiger partial charge in [-0.3, -0.25) is 10.1 Å². The standard InChI is InChI=1S/C14H12N2O3S/c1-9(7-12(17)18)13(19)16-14-15-11(8-20-14)10-5-3-2-4-6-10/h2-8H,1H3,(H,17,18)(H,15,16,19). The van der Waals surface area contributed by atoms with Crippen LogP contribution in [0, 0.1) is 0 Å². The van der Waals surface area contributed by atoms with Crippen LogP contribution in [-0.4, -0.2) is 22.0 Å². The van der Waals surface area contributed by atoms with Crippen molar-refractivity contribution in [3.05, 3.63) is 47.4 Å². The van der Waals surface area contributed by atoms with Crippen LogP contribution >= 0.6 is 11.3 Å². The zero-order valence-electron chi connectivity index (χ0n) is 10.7. The third-order valence-electron chi connectivity index (χ3n) is 2.49. The normalized spacial score (nSPS) is 11.2. The topological polar surface area (TPSA) is 79.3 Å². The fraction of sp³-hybridized carbons (Fsp3) is 0.0714. The molecule has 6 heteroatoms. The Kier molecular flexibility index (Phi) is 4.27. The summed E-state index contributed by atoms with van der Waals surface area (Å²) >= 11 is 1.29. The summed E-state index contributed by atoms with van der Waals surface area (Å²) in [6.07, 6.45) is 0.862. The molecule has 0 saturated carbocycles. The monoisotopic (exact) mass is 288 g/mol. The molecule has 0 saturated heterocycles. The first-order valence-electron chi connectivity index (χ1n) is 5.80. The van der Waals surface area contributed by atoms with Gasteiger partial charge >= 0.3 is 5.97 Å². The van der Waals surface area contributed by atoms with Crippen LogP contribution in [0.2, 0.25) is 0 Å². The smallest absolute Gasteiger partial charge is 0.328 e. The van der Waals surface area contributed by atoms with Crippen molar-refractivity contribution in [2.75, 3.05) is 5.32 Å². The lowest BCUT2D eigenvalue weighted by atomic mass is 10.2. The maximum atomic E-state index is 11.7. The van der Waals surface area contributed by atoms with Crippen molar-refractivity contribution in [3.63, 3.8) is 0 Å². The van der Waals surface area contributed by atoms with Crippen molar-refractivity contribution < 1.29 is 14.7 Å². The van der Waals surface area contributed by atoms with E-state index in [1.54, 1.807) is 0 Å². The summed E-state index contributed by atoms with van der Waals surface area (Å²) < 4.78 is 0. The molecule has 0 aliphatic rings. The zero-order chi connectivity index (χ0) is 14.5. The summed E-state index contributed by atoms with van der Waals surface area (Å²) in [5, 5.41) is 13.4. The number of carboxylic acids is 1. The highest BCUT2D eigenvalue weighted by atomic mass is 32.1. The van der Waals surface area contributed by atoms with E-state index in [1.165, 1.54) is 18.3 Å². The van der Waals surface area contributed by atoms with Gasteiger partial charge in [-0.1, -0.05) is 30.3 Å². The predicted octanol–water partition coefficient (Wildman–Crippen LogP) is 2.78. The molecular weight excluding hydrogens is 276 g/mol. The molecule has 2 rings (SSSR count). The molecule has 2 N–H and O–H groups in total. The summed E-state index contributed by atoms with van der Waals surface area (Å²) in [5.41, 5.74) is 1.85. The van der Waals surface area contributed by atoms with Crippen LogP contribution < -0.4 is 5.32 Å². The van der Waals surface area contributed by atoms with Crippen LogP contribution in [0.5, 0.6) is 0 Å². The number of hydrogen-bond donors (Lipinski definition) is 2. The molecule has 0 spiro atoms. The van der Waals surface area contributed by atoms with Gasteiger partial charge in [0.25, 0.3) is 5.91 Å². The first-order chi connectivity index (χ1) is 9.56. The first kappa shape index (κ1) is 14.0. The van der Waals surface area contributed by atoms with Crippen molar-refractivity contribution >= 4 is 28.3 Å². The van der Waals surface area contributed by atoms with Crippen LogP contribution in [0.1, 0.15) is 6.92 Å². The Balaban J connectivity index is 2.11. The van der Waals surface area contributed by atoms with E-state index in [0.717, 1.165) is 17.3 Å². The third-order valence-corrected chi connectivity index (χ3v) is 3.25. The highest BCUT2D eigenvalue weighted by molar-refractivity contribution is 7.14. The number of amides is 1. The third kappa shape index (κ3) is 3.52. The number of benzene rings is 1. The van der Waals surface area contributed by atoms with Crippen molar-refractivity contribution in [1.29, 1.82) is 0 Å². The summed E-state index contributed by atoms with van der Waals surface area (Å²) in [5.74, 6) is -1.62. The SMILES string of the molecule is CC(=CC(=O)O)C(=O)Nc1nc(-c2ccccc2)cs1.